The number of aryl methyl sites for hydroxylation is 1. The van der Waals surface area contributed by atoms with E-state index in [0.29, 0.717) is 17.5 Å². The van der Waals surface area contributed by atoms with Crippen LogP contribution in [-0.2, 0) is 0 Å². The van der Waals surface area contributed by atoms with E-state index < -0.39 is 0 Å². The fourth-order valence-corrected chi connectivity index (χ4v) is 2.68. The smallest absolute Gasteiger partial charge is 0.249 e. The number of nitrogens with one attached hydrogen (secondary N) is 2. The van der Waals surface area contributed by atoms with Crippen molar-refractivity contribution in [3.05, 3.63) is 90.6 Å². The second-order valence-corrected chi connectivity index (χ2v) is 6.20. The Morgan fingerprint density at radius 1 is 0.821 bits per heavy atom. The Labute approximate surface area is 163 Å². The molecule has 4 rings (SSSR count). The summed E-state index contributed by atoms with van der Waals surface area (Å²) in [4.78, 5) is 4.49. The summed E-state index contributed by atoms with van der Waals surface area (Å²) in [5, 5.41) is 14.5. The van der Waals surface area contributed by atoms with Crippen molar-refractivity contribution in [1.29, 1.82) is 0 Å². The molecule has 0 amide bonds. The van der Waals surface area contributed by atoms with Crippen LogP contribution in [0.4, 0.5) is 23.1 Å². The molecule has 0 unspecified atom stereocenters. The molecule has 28 heavy (non-hydrogen) atoms. The molecule has 6 heteroatoms. The molecule has 4 aromatic rings. The van der Waals surface area contributed by atoms with Gasteiger partial charge in [-0.3, -0.25) is 0 Å². The Balaban J connectivity index is 1.53. The standard InChI is InChI=1S/C22H19N5O/c1-16-8-7-9-17(14-16)24-22-26-21(15-23-27-22)25-19-12-5-6-13-20(19)28-18-10-3-2-4-11-18/h2-15H,1H3,(H2,24,25,26,27). The summed E-state index contributed by atoms with van der Waals surface area (Å²) >= 11 is 0. The van der Waals surface area contributed by atoms with E-state index >= 15 is 0 Å². The van der Waals surface area contributed by atoms with Crippen molar-refractivity contribution in [1.82, 2.24) is 15.2 Å². The maximum atomic E-state index is 5.98. The predicted octanol–water partition coefficient (Wildman–Crippen LogP) is 5.46. The number of nitrogens with zero attached hydrogens (tertiary/aromatic N) is 3. The molecule has 0 aliphatic heterocycles. The highest BCUT2D eigenvalue weighted by atomic mass is 16.5. The Morgan fingerprint density at radius 2 is 1.64 bits per heavy atom. The molecular weight excluding hydrogens is 350 g/mol. The largest absolute Gasteiger partial charge is 0.455 e. The van der Waals surface area contributed by atoms with Gasteiger partial charge in [-0.2, -0.15) is 10.1 Å². The molecule has 0 atom stereocenters. The first-order chi connectivity index (χ1) is 13.8. The van der Waals surface area contributed by atoms with E-state index in [4.69, 9.17) is 4.74 Å². The van der Waals surface area contributed by atoms with E-state index in [1.54, 1.807) is 6.20 Å². The van der Waals surface area contributed by atoms with Crippen molar-refractivity contribution in [3.8, 4) is 11.5 Å². The number of hydrogen-bond acceptors (Lipinski definition) is 6. The molecule has 0 saturated carbocycles. The third-order valence-electron chi connectivity index (χ3n) is 3.95. The van der Waals surface area contributed by atoms with Crippen LogP contribution in [0, 0.1) is 6.92 Å². The molecule has 0 fully saturated rings. The summed E-state index contributed by atoms with van der Waals surface area (Å²) in [5.41, 5.74) is 2.85. The fraction of sp³-hybridized carbons (Fsp3) is 0.0455. The van der Waals surface area contributed by atoms with Crippen LogP contribution >= 0.6 is 0 Å². The third-order valence-corrected chi connectivity index (χ3v) is 3.95. The van der Waals surface area contributed by atoms with Crippen LogP contribution in [0.3, 0.4) is 0 Å². The molecule has 0 bridgehead atoms. The molecule has 0 saturated heterocycles. The van der Waals surface area contributed by atoms with E-state index in [-0.39, 0.29) is 0 Å². The molecule has 0 radical (unpaired) electrons. The molecule has 0 spiro atoms. The van der Waals surface area contributed by atoms with Crippen LogP contribution < -0.4 is 15.4 Å². The molecule has 2 N–H and O–H groups in total. The number of para-hydroxylation sites is 3. The van der Waals surface area contributed by atoms with Crippen molar-refractivity contribution in [2.75, 3.05) is 10.6 Å². The Bertz CT molecular complexity index is 1070. The molecular formula is C22H19N5O. The summed E-state index contributed by atoms with van der Waals surface area (Å²) in [7, 11) is 0. The van der Waals surface area contributed by atoms with Gasteiger partial charge in [0.1, 0.15) is 5.75 Å². The first kappa shape index (κ1) is 17.5. The second kappa shape index (κ2) is 8.18. The van der Waals surface area contributed by atoms with E-state index in [0.717, 1.165) is 22.7 Å². The second-order valence-electron chi connectivity index (χ2n) is 6.20. The summed E-state index contributed by atoms with van der Waals surface area (Å²) in [6, 6.07) is 25.3. The summed E-state index contributed by atoms with van der Waals surface area (Å²) in [6.45, 7) is 2.03. The zero-order valence-corrected chi connectivity index (χ0v) is 15.3. The molecule has 6 nitrogen and oxygen atoms in total. The van der Waals surface area contributed by atoms with Gasteiger partial charge in [0, 0.05) is 5.69 Å². The van der Waals surface area contributed by atoms with Crippen molar-refractivity contribution in [3.63, 3.8) is 0 Å². The van der Waals surface area contributed by atoms with Gasteiger partial charge in [-0.1, -0.05) is 42.5 Å². The van der Waals surface area contributed by atoms with Crippen molar-refractivity contribution in [2.45, 2.75) is 6.92 Å². The van der Waals surface area contributed by atoms with Gasteiger partial charge in [-0.15, -0.1) is 5.10 Å². The minimum atomic E-state index is 0.414. The normalized spacial score (nSPS) is 10.3. The topological polar surface area (TPSA) is 72.0 Å². The van der Waals surface area contributed by atoms with Gasteiger partial charge in [0.05, 0.1) is 11.9 Å². The summed E-state index contributed by atoms with van der Waals surface area (Å²) in [5.74, 6) is 2.44. The van der Waals surface area contributed by atoms with E-state index in [1.165, 1.54) is 0 Å². The van der Waals surface area contributed by atoms with Gasteiger partial charge >= 0.3 is 0 Å². The average molecular weight is 369 g/mol. The van der Waals surface area contributed by atoms with Crippen LogP contribution in [0.25, 0.3) is 0 Å². The van der Waals surface area contributed by atoms with Crippen molar-refractivity contribution < 1.29 is 4.74 Å². The minimum absolute atomic E-state index is 0.414. The molecule has 1 aromatic heterocycles. The molecule has 0 aliphatic carbocycles. The predicted molar refractivity (Wildman–Crippen MR) is 111 cm³/mol. The Morgan fingerprint density at radius 3 is 2.50 bits per heavy atom. The van der Waals surface area contributed by atoms with Gasteiger partial charge < -0.3 is 15.4 Å². The monoisotopic (exact) mass is 369 g/mol. The van der Waals surface area contributed by atoms with E-state index in [1.807, 2.05) is 85.8 Å². The van der Waals surface area contributed by atoms with E-state index in [9.17, 15) is 0 Å². The van der Waals surface area contributed by atoms with Crippen LogP contribution in [-0.4, -0.2) is 15.2 Å². The van der Waals surface area contributed by atoms with Gasteiger partial charge in [-0.25, -0.2) is 0 Å². The lowest BCUT2D eigenvalue weighted by molar-refractivity contribution is 0.485. The zero-order valence-electron chi connectivity index (χ0n) is 15.3. The van der Waals surface area contributed by atoms with E-state index in [2.05, 4.69) is 25.8 Å². The number of hydrogen-bond donors (Lipinski definition) is 2. The zero-order chi connectivity index (χ0) is 19.2. The van der Waals surface area contributed by atoms with Crippen LogP contribution in [0.15, 0.2) is 85.1 Å². The fourth-order valence-electron chi connectivity index (χ4n) is 2.68. The maximum Gasteiger partial charge on any atom is 0.249 e. The quantitative estimate of drug-likeness (QED) is 0.470. The SMILES string of the molecule is Cc1cccc(Nc2nncc(Nc3ccccc3Oc3ccccc3)n2)c1. The summed E-state index contributed by atoms with van der Waals surface area (Å²) in [6.07, 6.45) is 1.57. The highest BCUT2D eigenvalue weighted by molar-refractivity contribution is 5.65. The number of anilines is 4. The number of rotatable bonds is 6. The number of ether oxygens (including phenoxy) is 1. The lowest BCUT2D eigenvalue weighted by Gasteiger charge is -2.13. The molecule has 0 aliphatic rings. The Hall–Kier alpha value is -3.93. The van der Waals surface area contributed by atoms with Crippen LogP contribution in [0.1, 0.15) is 5.56 Å². The van der Waals surface area contributed by atoms with Gasteiger partial charge in [0.2, 0.25) is 5.95 Å². The maximum absolute atomic E-state index is 5.98. The van der Waals surface area contributed by atoms with Gasteiger partial charge in [-0.05, 0) is 48.9 Å². The molecule has 3 aromatic carbocycles. The average Bonchev–Trinajstić information content (AvgIpc) is 2.71. The van der Waals surface area contributed by atoms with Gasteiger partial charge in [0.25, 0.3) is 0 Å². The molecule has 138 valence electrons. The minimum Gasteiger partial charge on any atom is -0.455 e. The molecule has 1 heterocycles. The van der Waals surface area contributed by atoms with Crippen molar-refractivity contribution >= 4 is 23.1 Å². The Kier molecular flexibility index (Phi) is 5.11. The lowest BCUT2D eigenvalue weighted by atomic mass is 10.2. The first-order valence-corrected chi connectivity index (χ1v) is 8.89. The van der Waals surface area contributed by atoms with Crippen LogP contribution in [0.5, 0.6) is 11.5 Å². The number of aromatic nitrogens is 3. The highest BCUT2D eigenvalue weighted by Gasteiger charge is 2.07. The number of benzene rings is 3. The van der Waals surface area contributed by atoms with Crippen molar-refractivity contribution in [2.24, 2.45) is 0 Å². The first-order valence-electron chi connectivity index (χ1n) is 8.89. The van der Waals surface area contributed by atoms with Gasteiger partial charge in [0.15, 0.2) is 11.6 Å². The lowest BCUT2D eigenvalue weighted by Crippen LogP contribution is -2.03. The van der Waals surface area contributed by atoms with Crippen LogP contribution in [0.2, 0.25) is 0 Å². The highest BCUT2D eigenvalue weighted by Crippen LogP contribution is 2.31. The third kappa shape index (κ3) is 4.42. The summed E-state index contributed by atoms with van der Waals surface area (Å²) < 4.78 is 5.98.